The lowest BCUT2D eigenvalue weighted by molar-refractivity contribution is -0.137. The Hall–Kier alpha value is -3.98. The fourth-order valence-electron chi connectivity index (χ4n) is 4.72. The van der Waals surface area contributed by atoms with E-state index in [0.29, 0.717) is 39.1 Å². The van der Waals surface area contributed by atoms with Crippen molar-refractivity contribution in [3.63, 3.8) is 0 Å². The van der Waals surface area contributed by atoms with E-state index in [1.165, 1.54) is 6.07 Å². The molecule has 10 heteroatoms. The fraction of sp³-hybridized carbons (Fsp3) is 0.214. The summed E-state index contributed by atoms with van der Waals surface area (Å²) in [5.41, 5.74) is 1.57. The Morgan fingerprint density at radius 3 is 2.32 bits per heavy atom. The number of hydrogen-bond acceptors (Lipinski definition) is 4. The molecule has 2 unspecified atom stereocenters. The number of halogens is 4. The molecule has 1 aromatic heterocycles. The van der Waals surface area contributed by atoms with E-state index in [0.717, 1.165) is 17.7 Å². The molecular formula is C28H23ClF3N3O3. The SMILES string of the molecule is Cc1noc(C)c1C(c1ccc(Oc2ccc(Cl)cc2)cc1)N1C(=O)NCC1c1cccc(C(F)(F)F)c1. The number of aryl methyl sites for hydroxylation is 2. The first kappa shape index (κ1) is 25.7. The Kier molecular flexibility index (Phi) is 6.79. The summed E-state index contributed by atoms with van der Waals surface area (Å²) in [6.07, 6.45) is -4.50. The minimum atomic E-state index is -4.50. The molecule has 0 bridgehead atoms. The van der Waals surface area contributed by atoms with Gasteiger partial charge in [-0.1, -0.05) is 41.0 Å². The summed E-state index contributed by atoms with van der Waals surface area (Å²) in [6, 6.07) is 17.4. The largest absolute Gasteiger partial charge is 0.457 e. The Morgan fingerprint density at radius 2 is 1.71 bits per heavy atom. The van der Waals surface area contributed by atoms with Crippen molar-refractivity contribution in [2.24, 2.45) is 0 Å². The maximum atomic E-state index is 13.5. The summed E-state index contributed by atoms with van der Waals surface area (Å²) in [7, 11) is 0. The Balaban J connectivity index is 1.54. The zero-order chi connectivity index (χ0) is 27.0. The van der Waals surface area contributed by atoms with E-state index in [1.54, 1.807) is 61.2 Å². The molecule has 1 N–H and O–H groups in total. The molecule has 0 aliphatic carbocycles. The van der Waals surface area contributed by atoms with Crippen molar-refractivity contribution >= 4 is 17.6 Å². The van der Waals surface area contributed by atoms with Gasteiger partial charge in [0.15, 0.2) is 0 Å². The van der Waals surface area contributed by atoms with Gasteiger partial charge in [0, 0.05) is 17.1 Å². The van der Waals surface area contributed by atoms with Gasteiger partial charge in [-0.3, -0.25) is 0 Å². The zero-order valence-corrected chi connectivity index (χ0v) is 21.2. The lowest BCUT2D eigenvalue weighted by atomic mass is 9.93. The summed E-state index contributed by atoms with van der Waals surface area (Å²) in [5, 5.41) is 7.45. The highest BCUT2D eigenvalue weighted by Gasteiger charge is 2.41. The molecule has 1 aliphatic heterocycles. The number of alkyl halides is 3. The lowest BCUT2D eigenvalue weighted by Crippen LogP contribution is -2.35. The number of nitrogens with zero attached hydrogens (tertiary/aromatic N) is 2. The Labute approximate surface area is 222 Å². The molecule has 0 spiro atoms. The fourth-order valence-corrected chi connectivity index (χ4v) is 4.84. The number of ether oxygens (including phenoxy) is 1. The topological polar surface area (TPSA) is 67.6 Å². The molecule has 2 amide bonds. The van der Waals surface area contributed by atoms with Crippen molar-refractivity contribution in [1.82, 2.24) is 15.4 Å². The Bertz CT molecular complexity index is 1430. The van der Waals surface area contributed by atoms with Crippen LogP contribution in [0.1, 0.15) is 45.8 Å². The second-order valence-corrected chi connectivity index (χ2v) is 9.43. The number of urea groups is 1. The van der Waals surface area contributed by atoms with E-state index < -0.39 is 29.9 Å². The normalized spacial score (nSPS) is 16.4. The maximum absolute atomic E-state index is 13.5. The van der Waals surface area contributed by atoms with Crippen molar-refractivity contribution < 1.29 is 27.2 Å². The number of carbonyl (C=O) groups is 1. The molecule has 2 heterocycles. The molecule has 1 aliphatic rings. The molecule has 3 aromatic carbocycles. The Morgan fingerprint density at radius 1 is 1.05 bits per heavy atom. The van der Waals surface area contributed by atoms with Crippen LogP contribution in [0, 0.1) is 13.8 Å². The molecule has 38 heavy (non-hydrogen) atoms. The van der Waals surface area contributed by atoms with Crippen LogP contribution in [0.15, 0.2) is 77.3 Å². The van der Waals surface area contributed by atoms with E-state index in [2.05, 4.69) is 10.5 Å². The smallest absolute Gasteiger partial charge is 0.416 e. The monoisotopic (exact) mass is 541 g/mol. The summed E-state index contributed by atoms with van der Waals surface area (Å²) >= 11 is 5.94. The average molecular weight is 542 g/mol. The molecule has 0 saturated carbocycles. The van der Waals surface area contributed by atoms with E-state index in [9.17, 15) is 18.0 Å². The van der Waals surface area contributed by atoms with Crippen LogP contribution in [0.25, 0.3) is 0 Å². The highest BCUT2D eigenvalue weighted by atomic mass is 35.5. The lowest BCUT2D eigenvalue weighted by Gasteiger charge is -2.33. The van der Waals surface area contributed by atoms with E-state index >= 15 is 0 Å². The van der Waals surface area contributed by atoms with Crippen molar-refractivity contribution in [2.45, 2.75) is 32.1 Å². The molecule has 2 atom stereocenters. The summed E-state index contributed by atoms with van der Waals surface area (Å²) in [6.45, 7) is 3.66. The van der Waals surface area contributed by atoms with Gasteiger partial charge < -0.3 is 19.5 Å². The average Bonchev–Trinajstić information content (AvgIpc) is 3.43. The highest BCUT2D eigenvalue weighted by Crippen LogP contribution is 2.42. The van der Waals surface area contributed by atoms with Crippen molar-refractivity contribution in [1.29, 1.82) is 0 Å². The summed E-state index contributed by atoms with van der Waals surface area (Å²) in [5.74, 6) is 1.68. The summed E-state index contributed by atoms with van der Waals surface area (Å²) in [4.78, 5) is 14.8. The van der Waals surface area contributed by atoms with Crippen LogP contribution in [0.3, 0.4) is 0 Å². The van der Waals surface area contributed by atoms with E-state index in [-0.39, 0.29) is 6.54 Å². The predicted octanol–water partition coefficient (Wildman–Crippen LogP) is 7.61. The van der Waals surface area contributed by atoms with Crippen LogP contribution in [0.4, 0.5) is 18.0 Å². The first-order valence-corrected chi connectivity index (χ1v) is 12.2. The van der Waals surface area contributed by atoms with Gasteiger partial charge in [-0.05, 0) is 73.5 Å². The first-order valence-electron chi connectivity index (χ1n) is 11.8. The van der Waals surface area contributed by atoms with E-state index in [4.69, 9.17) is 20.9 Å². The second kappa shape index (κ2) is 10.1. The van der Waals surface area contributed by atoms with Crippen molar-refractivity contribution in [2.75, 3.05) is 6.54 Å². The van der Waals surface area contributed by atoms with Crippen molar-refractivity contribution in [3.05, 3.63) is 112 Å². The number of carbonyl (C=O) groups excluding carboxylic acids is 1. The predicted molar refractivity (Wildman–Crippen MR) is 135 cm³/mol. The van der Waals surface area contributed by atoms with Gasteiger partial charge in [-0.2, -0.15) is 13.2 Å². The molecule has 6 nitrogen and oxygen atoms in total. The van der Waals surface area contributed by atoms with Gasteiger partial charge in [0.05, 0.1) is 23.3 Å². The molecule has 1 fully saturated rings. The quantitative estimate of drug-likeness (QED) is 0.273. The van der Waals surface area contributed by atoms with Crippen molar-refractivity contribution in [3.8, 4) is 11.5 Å². The molecule has 1 saturated heterocycles. The number of amides is 2. The van der Waals surface area contributed by atoms with Crippen LogP contribution >= 0.6 is 11.6 Å². The third-order valence-electron chi connectivity index (χ3n) is 6.50. The summed E-state index contributed by atoms with van der Waals surface area (Å²) < 4.78 is 51.7. The van der Waals surface area contributed by atoms with Crippen LogP contribution in [0.2, 0.25) is 5.02 Å². The standard InChI is InChI=1S/C28H23ClF3N3O3/c1-16-25(17(2)38-34-16)26(18-6-10-22(11-7-18)37-23-12-8-21(29)9-13-23)35-24(15-33-27(35)36)19-4-3-5-20(14-19)28(30,31)32/h3-14,24,26H,15H2,1-2H3,(H,33,36). The minimum absolute atomic E-state index is 0.151. The van der Waals surface area contributed by atoms with Gasteiger partial charge in [-0.15, -0.1) is 0 Å². The first-order chi connectivity index (χ1) is 18.1. The van der Waals surface area contributed by atoms with Gasteiger partial charge in [0.2, 0.25) is 0 Å². The number of rotatable bonds is 6. The highest BCUT2D eigenvalue weighted by molar-refractivity contribution is 6.30. The van der Waals surface area contributed by atoms with E-state index in [1.807, 2.05) is 12.1 Å². The van der Waals surface area contributed by atoms with Gasteiger partial charge in [-0.25, -0.2) is 4.79 Å². The molecule has 5 rings (SSSR count). The number of hydrogen-bond donors (Lipinski definition) is 1. The maximum Gasteiger partial charge on any atom is 0.416 e. The number of benzene rings is 3. The van der Waals surface area contributed by atoms with Gasteiger partial charge in [0.1, 0.15) is 17.3 Å². The third kappa shape index (κ3) is 5.06. The second-order valence-electron chi connectivity index (χ2n) is 9.00. The number of nitrogens with one attached hydrogen (secondary N) is 1. The van der Waals surface area contributed by atoms with Gasteiger partial charge in [0.25, 0.3) is 0 Å². The number of aromatic nitrogens is 1. The molecule has 4 aromatic rings. The molecule has 0 radical (unpaired) electrons. The minimum Gasteiger partial charge on any atom is -0.457 e. The van der Waals surface area contributed by atoms with Crippen LogP contribution in [0.5, 0.6) is 11.5 Å². The molecule has 196 valence electrons. The molecular weight excluding hydrogens is 519 g/mol. The third-order valence-corrected chi connectivity index (χ3v) is 6.75. The zero-order valence-electron chi connectivity index (χ0n) is 20.4. The van der Waals surface area contributed by atoms with Crippen LogP contribution in [-0.2, 0) is 6.18 Å². The van der Waals surface area contributed by atoms with Crippen LogP contribution in [-0.4, -0.2) is 22.6 Å². The van der Waals surface area contributed by atoms with Crippen LogP contribution < -0.4 is 10.1 Å². The van der Waals surface area contributed by atoms with Gasteiger partial charge >= 0.3 is 12.2 Å².